The second kappa shape index (κ2) is 6.88. The number of anilines is 1. The predicted octanol–water partition coefficient (Wildman–Crippen LogP) is 2.63. The van der Waals surface area contributed by atoms with Crippen molar-refractivity contribution in [3.63, 3.8) is 0 Å². The van der Waals surface area contributed by atoms with Gasteiger partial charge in [0.15, 0.2) is 5.16 Å². The van der Waals surface area contributed by atoms with Gasteiger partial charge in [-0.2, -0.15) is 0 Å². The van der Waals surface area contributed by atoms with Gasteiger partial charge in [-0.15, -0.1) is 15.3 Å². The van der Waals surface area contributed by atoms with E-state index in [9.17, 15) is 4.79 Å². The Balaban J connectivity index is 1.68. The van der Waals surface area contributed by atoms with Crippen LogP contribution in [0.25, 0.3) is 0 Å². The number of aryl methyl sites for hydroxylation is 2. The first kappa shape index (κ1) is 15.6. The summed E-state index contributed by atoms with van der Waals surface area (Å²) in [4.78, 5) is 13.8. The van der Waals surface area contributed by atoms with E-state index in [0.717, 1.165) is 33.0 Å². The van der Waals surface area contributed by atoms with Crippen LogP contribution in [0.4, 0.5) is 5.69 Å². The van der Waals surface area contributed by atoms with Gasteiger partial charge in [0, 0.05) is 17.6 Å². The second-order valence-corrected chi connectivity index (χ2v) is 6.50. The number of benzene rings is 1. The van der Waals surface area contributed by atoms with Crippen LogP contribution >= 0.6 is 23.3 Å². The van der Waals surface area contributed by atoms with Crippen LogP contribution in [0.1, 0.15) is 22.3 Å². The van der Waals surface area contributed by atoms with E-state index in [1.165, 1.54) is 11.8 Å². The van der Waals surface area contributed by atoms with Crippen molar-refractivity contribution in [2.75, 3.05) is 5.32 Å². The summed E-state index contributed by atoms with van der Waals surface area (Å²) in [6.45, 7) is 1.95. The maximum absolute atomic E-state index is 12.2. The number of carbonyl (C=O) groups excluding carboxylic acids is 1. The van der Waals surface area contributed by atoms with Gasteiger partial charge < -0.3 is 9.88 Å². The van der Waals surface area contributed by atoms with Gasteiger partial charge >= 0.3 is 0 Å². The zero-order valence-electron chi connectivity index (χ0n) is 12.6. The third kappa shape index (κ3) is 3.57. The number of nitrogens with one attached hydrogen (secondary N) is 1. The largest absolute Gasteiger partial charge is 0.321 e. The van der Waals surface area contributed by atoms with E-state index >= 15 is 0 Å². The highest BCUT2D eigenvalue weighted by atomic mass is 32.2. The number of hydrogen-bond donors (Lipinski definition) is 1. The first-order valence-electron chi connectivity index (χ1n) is 6.92. The highest BCUT2D eigenvalue weighted by Crippen LogP contribution is 2.26. The molecular weight excluding hydrogens is 332 g/mol. The Labute approximate surface area is 141 Å². The summed E-state index contributed by atoms with van der Waals surface area (Å²) in [5, 5.41) is 15.5. The first-order valence-corrected chi connectivity index (χ1v) is 8.51. The van der Waals surface area contributed by atoms with Crippen molar-refractivity contribution >= 4 is 34.9 Å². The van der Waals surface area contributed by atoms with Crippen LogP contribution in [-0.4, -0.2) is 30.3 Å². The van der Waals surface area contributed by atoms with Crippen LogP contribution in [0.3, 0.4) is 0 Å². The topological polar surface area (TPSA) is 85.6 Å². The smallest absolute Gasteiger partial charge is 0.269 e. The minimum atomic E-state index is -0.175. The molecule has 1 N–H and O–H groups in total. The van der Waals surface area contributed by atoms with Crippen molar-refractivity contribution < 1.29 is 4.79 Å². The zero-order chi connectivity index (χ0) is 16.2. The molecule has 3 aromatic rings. The van der Waals surface area contributed by atoms with Gasteiger partial charge in [0.2, 0.25) is 0 Å². The van der Waals surface area contributed by atoms with Crippen LogP contribution in [-0.2, 0) is 13.5 Å². The van der Waals surface area contributed by atoms with E-state index in [4.69, 9.17) is 0 Å². The molecule has 3 rings (SSSR count). The lowest BCUT2D eigenvalue weighted by molar-refractivity contribution is 0.102. The summed E-state index contributed by atoms with van der Waals surface area (Å²) in [5.74, 6) is -0.175. The van der Waals surface area contributed by atoms with Gasteiger partial charge in [-0.25, -0.2) is 0 Å². The molecule has 2 heterocycles. The van der Waals surface area contributed by atoms with E-state index in [2.05, 4.69) is 25.1 Å². The minimum absolute atomic E-state index is 0.175. The Morgan fingerprint density at radius 2 is 2.09 bits per heavy atom. The van der Waals surface area contributed by atoms with Crippen LogP contribution < -0.4 is 5.32 Å². The molecule has 0 spiro atoms. The molecule has 118 valence electrons. The highest BCUT2D eigenvalue weighted by Gasteiger charge is 2.15. The van der Waals surface area contributed by atoms with E-state index in [-0.39, 0.29) is 5.91 Å². The number of amides is 1. The average molecular weight is 346 g/mol. The fourth-order valence-corrected chi connectivity index (χ4v) is 3.28. The molecule has 2 aromatic heterocycles. The summed E-state index contributed by atoms with van der Waals surface area (Å²) < 4.78 is 5.68. The Kier molecular flexibility index (Phi) is 4.68. The first-order chi connectivity index (χ1) is 11.2. The van der Waals surface area contributed by atoms with Gasteiger partial charge in [0.05, 0.1) is 5.69 Å². The minimum Gasteiger partial charge on any atom is -0.321 e. The third-order valence-corrected chi connectivity index (χ3v) is 4.92. The molecule has 0 saturated carbocycles. The van der Waals surface area contributed by atoms with Crippen molar-refractivity contribution in [3.8, 4) is 0 Å². The Morgan fingerprint density at radius 1 is 1.30 bits per heavy atom. The van der Waals surface area contributed by atoms with Gasteiger partial charge in [-0.3, -0.25) is 4.79 Å². The number of aromatic nitrogens is 5. The maximum atomic E-state index is 12.2. The maximum Gasteiger partial charge on any atom is 0.269 e. The van der Waals surface area contributed by atoms with Crippen LogP contribution in [0.2, 0.25) is 0 Å². The molecule has 0 bridgehead atoms. The summed E-state index contributed by atoms with van der Waals surface area (Å²) in [6, 6.07) is 7.58. The number of hydrogen-bond acceptors (Lipinski definition) is 7. The SMILES string of the molecule is CCc1nnsc1C(=O)Nc1ccc(Sc2nncn2C)cc1. The van der Waals surface area contributed by atoms with E-state index in [0.29, 0.717) is 11.3 Å². The summed E-state index contributed by atoms with van der Waals surface area (Å²) in [6.07, 6.45) is 2.35. The Hall–Kier alpha value is -2.26. The van der Waals surface area contributed by atoms with Crippen LogP contribution in [0.15, 0.2) is 40.6 Å². The molecule has 0 radical (unpaired) electrons. The molecule has 0 aliphatic rings. The Morgan fingerprint density at radius 3 is 2.74 bits per heavy atom. The molecule has 0 aliphatic carbocycles. The third-order valence-electron chi connectivity index (χ3n) is 3.09. The molecule has 23 heavy (non-hydrogen) atoms. The summed E-state index contributed by atoms with van der Waals surface area (Å²) >= 11 is 2.62. The van der Waals surface area contributed by atoms with Gasteiger partial charge in [0.1, 0.15) is 11.2 Å². The molecule has 7 nitrogen and oxygen atoms in total. The van der Waals surface area contributed by atoms with Crippen molar-refractivity contribution in [2.45, 2.75) is 23.4 Å². The summed E-state index contributed by atoms with van der Waals surface area (Å²) in [5.41, 5.74) is 1.45. The lowest BCUT2D eigenvalue weighted by atomic mass is 10.2. The normalized spacial score (nSPS) is 10.7. The average Bonchev–Trinajstić information content (AvgIpc) is 3.18. The molecule has 1 amide bonds. The van der Waals surface area contributed by atoms with E-state index in [1.807, 2.05) is 42.8 Å². The number of carbonyl (C=O) groups is 1. The predicted molar refractivity (Wildman–Crippen MR) is 88.8 cm³/mol. The lowest BCUT2D eigenvalue weighted by Crippen LogP contribution is -2.12. The van der Waals surface area contributed by atoms with Crippen molar-refractivity contribution in [2.24, 2.45) is 7.05 Å². The molecular formula is C14H14N6OS2. The van der Waals surface area contributed by atoms with Gasteiger partial charge in [-0.1, -0.05) is 11.4 Å². The molecule has 0 saturated heterocycles. The van der Waals surface area contributed by atoms with E-state index in [1.54, 1.807) is 6.33 Å². The molecule has 0 aliphatic heterocycles. The number of rotatable bonds is 5. The van der Waals surface area contributed by atoms with Gasteiger partial charge in [0.25, 0.3) is 5.91 Å². The standard InChI is InChI=1S/C14H14N6OS2/c1-3-11-12(23-19-17-11)13(21)16-9-4-6-10(7-5-9)22-14-18-15-8-20(14)2/h4-8H,3H2,1-2H3,(H,16,21). The van der Waals surface area contributed by atoms with Crippen molar-refractivity contribution in [1.29, 1.82) is 0 Å². The van der Waals surface area contributed by atoms with Crippen LogP contribution in [0, 0.1) is 0 Å². The molecule has 9 heteroatoms. The molecule has 0 unspecified atom stereocenters. The summed E-state index contributed by atoms with van der Waals surface area (Å²) in [7, 11) is 1.89. The van der Waals surface area contributed by atoms with Crippen molar-refractivity contribution in [3.05, 3.63) is 41.2 Å². The fraction of sp³-hybridized carbons (Fsp3) is 0.214. The molecule has 0 atom stereocenters. The molecule has 0 fully saturated rings. The lowest BCUT2D eigenvalue weighted by Gasteiger charge is -2.05. The fourth-order valence-electron chi connectivity index (χ4n) is 1.88. The Bertz CT molecular complexity index is 811. The number of nitrogens with zero attached hydrogens (tertiary/aromatic N) is 5. The monoisotopic (exact) mass is 346 g/mol. The van der Waals surface area contributed by atoms with Gasteiger partial charge in [-0.05, 0) is 54.0 Å². The quantitative estimate of drug-likeness (QED) is 0.764. The van der Waals surface area contributed by atoms with Crippen molar-refractivity contribution in [1.82, 2.24) is 24.4 Å². The highest BCUT2D eigenvalue weighted by molar-refractivity contribution is 7.99. The second-order valence-electron chi connectivity index (χ2n) is 4.71. The molecule has 1 aromatic carbocycles. The zero-order valence-corrected chi connectivity index (χ0v) is 14.2. The van der Waals surface area contributed by atoms with Crippen LogP contribution in [0.5, 0.6) is 0 Å². The van der Waals surface area contributed by atoms with E-state index < -0.39 is 0 Å².